The highest BCUT2D eigenvalue weighted by molar-refractivity contribution is 6.25. The zero-order valence-corrected chi connectivity index (χ0v) is 27.6. The van der Waals surface area contributed by atoms with Crippen LogP contribution < -0.4 is 0 Å². The first-order valence-corrected chi connectivity index (χ1v) is 17.4. The van der Waals surface area contributed by atoms with Crippen LogP contribution in [0.1, 0.15) is 0 Å². The molecule has 3 heterocycles. The lowest BCUT2D eigenvalue weighted by Crippen LogP contribution is -2.00. The molecule has 0 fully saturated rings. The molecule has 0 aliphatic carbocycles. The van der Waals surface area contributed by atoms with Crippen LogP contribution in [-0.2, 0) is 0 Å². The van der Waals surface area contributed by atoms with Crippen molar-refractivity contribution in [2.24, 2.45) is 0 Å². The average molecular weight is 651 g/mol. The molecule has 0 spiro atoms. The number of hydrogen-bond acceptors (Lipinski definition) is 1. The molecule has 0 aliphatic rings. The van der Waals surface area contributed by atoms with Crippen molar-refractivity contribution in [2.45, 2.75) is 0 Å². The lowest BCUT2D eigenvalue weighted by atomic mass is 9.99. The van der Waals surface area contributed by atoms with Crippen LogP contribution in [0.4, 0.5) is 0 Å². The minimum Gasteiger partial charge on any atom is -0.455 e. The summed E-state index contributed by atoms with van der Waals surface area (Å²) < 4.78 is 11.6. The van der Waals surface area contributed by atoms with Gasteiger partial charge >= 0.3 is 0 Å². The van der Waals surface area contributed by atoms with Gasteiger partial charge in [-0.2, -0.15) is 0 Å². The fraction of sp³-hybridized carbons (Fsp3) is 0. The Morgan fingerprint density at radius 3 is 1.73 bits per heavy atom. The van der Waals surface area contributed by atoms with Crippen LogP contribution in [0.15, 0.2) is 186 Å². The Hall–Kier alpha value is -6.84. The average Bonchev–Trinajstić information content (AvgIpc) is 3.86. The summed E-state index contributed by atoms with van der Waals surface area (Å²) in [6, 6.07) is 65.4. The Balaban J connectivity index is 1.25. The summed E-state index contributed by atoms with van der Waals surface area (Å²) in [6.45, 7) is 0. The van der Waals surface area contributed by atoms with E-state index in [0.717, 1.165) is 55.1 Å². The summed E-state index contributed by atoms with van der Waals surface area (Å²) in [5.41, 5.74) is 13.4. The van der Waals surface area contributed by atoms with E-state index >= 15 is 0 Å². The Labute approximate surface area is 293 Å². The molecule has 0 radical (unpaired) electrons. The van der Waals surface area contributed by atoms with Crippen molar-refractivity contribution in [3.8, 4) is 33.6 Å². The predicted molar refractivity (Wildman–Crippen MR) is 213 cm³/mol. The van der Waals surface area contributed by atoms with Gasteiger partial charge < -0.3 is 13.6 Å². The van der Waals surface area contributed by atoms with Gasteiger partial charge in [-0.15, -0.1) is 0 Å². The first-order chi connectivity index (χ1) is 25.3. The van der Waals surface area contributed by atoms with Crippen molar-refractivity contribution in [3.05, 3.63) is 182 Å². The second-order valence-electron chi connectivity index (χ2n) is 13.3. The monoisotopic (exact) mass is 650 g/mol. The molecule has 0 saturated carbocycles. The lowest BCUT2D eigenvalue weighted by Gasteiger charge is -2.15. The highest BCUT2D eigenvalue weighted by atomic mass is 16.3. The number of nitrogens with zero attached hydrogens (tertiary/aromatic N) is 2. The van der Waals surface area contributed by atoms with Gasteiger partial charge in [0.15, 0.2) is 0 Å². The molecule has 3 heteroatoms. The first-order valence-electron chi connectivity index (χ1n) is 17.4. The summed E-state index contributed by atoms with van der Waals surface area (Å²) in [4.78, 5) is 0. The van der Waals surface area contributed by atoms with E-state index in [-0.39, 0.29) is 0 Å². The molecule has 0 saturated heterocycles. The van der Waals surface area contributed by atoms with Crippen molar-refractivity contribution in [1.29, 1.82) is 0 Å². The smallest absolute Gasteiger partial charge is 0.145 e. The molecule has 51 heavy (non-hydrogen) atoms. The molecule has 0 bridgehead atoms. The second-order valence-corrected chi connectivity index (χ2v) is 13.3. The highest BCUT2D eigenvalue weighted by Crippen LogP contribution is 2.44. The number of furan rings is 1. The molecule has 11 aromatic rings. The molecule has 3 aromatic heterocycles. The largest absolute Gasteiger partial charge is 0.455 e. The number of rotatable bonds is 4. The van der Waals surface area contributed by atoms with E-state index in [4.69, 9.17) is 4.42 Å². The summed E-state index contributed by atoms with van der Waals surface area (Å²) in [5.74, 6) is 0. The fourth-order valence-corrected chi connectivity index (χ4v) is 8.28. The van der Waals surface area contributed by atoms with Gasteiger partial charge in [-0.25, -0.2) is 0 Å². The summed E-state index contributed by atoms with van der Waals surface area (Å²) in [7, 11) is 0. The zero-order chi connectivity index (χ0) is 33.5. The normalized spacial score (nSPS) is 11.9. The Morgan fingerprint density at radius 2 is 0.941 bits per heavy atom. The Kier molecular flexibility index (Phi) is 5.96. The van der Waals surface area contributed by atoms with E-state index in [0.29, 0.717) is 0 Å². The third-order valence-corrected chi connectivity index (χ3v) is 10.5. The Bertz CT molecular complexity index is 3090. The molecule has 0 unspecified atom stereocenters. The minimum atomic E-state index is 0.903. The molecular weight excluding hydrogens is 621 g/mol. The quantitative estimate of drug-likeness (QED) is 0.186. The van der Waals surface area contributed by atoms with Gasteiger partial charge in [0.05, 0.1) is 33.1 Å². The van der Waals surface area contributed by atoms with Gasteiger partial charge in [-0.1, -0.05) is 127 Å². The van der Waals surface area contributed by atoms with Gasteiger partial charge in [-0.05, 0) is 76.9 Å². The Morgan fingerprint density at radius 1 is 0.353 bits per heavy atom. The van der Waals surface area contributed by atoms with Gasteiger partial charge in [0.1, 0.15) is 11.2 Å². The van der Waals surface area contributed by atoms with Crippen molar-refractivity contribution < 1.29 is 4.42 Å². The van der Waals surface area contributed by atoms with Crippen molar-refractivity contribution in [1.82, 2.24) is 9.13 Å². The van der Waals surface area contributed by atoms with E-state index in [1.807, 2.05) is 6.07 Å². The number of para-hydroxylation sites is 4. The van der Waals surface area contributed by atoms with Crippen LogP contribution in [-0.4, -0.2) is 9.13 Å². The van der Waals surface area contributed by atoms with Gasteiger partial charge in [-0.3, -0.25) is 0 Å². The second kappa shape index (κ2) is 10.8. The summed E-state index contributed by atoms with van der Waals surface area (Å²) in [5, 5.41) is 7.03. The standard InChI is InChI=1S/C48H30N2O/c1-2-13-31(14-3-1)32-15-10-16-33(29-32)34-17-11-18-35(30-34)49-43-28-27-39-38-21-6-9-26-45(38)51-48(39)46(43)40-22-12-25-44(47(40)49)50-41-23-7-4-19-36(41)37-20-5-8-24-42(37)50/h1-30H. The van der Waals surface area contributed by atoms with Crippen molar-refractivity contribution in [2.75, 3.05) is 0 Å². The maximum absolute atomic E-state index is 6.72. The molecule has 0 aliphatic heterocycles. The maximum atomic E-state index is 6.72. The van der Waals surface area contributed by atoms with Crippen LogP contribution in [0.3, 0.4) is 0 Å². The summed E-state index contributed by atoms with van der Waals surface area (Å²) in [6.07, 6.45) is 0. The van der Waals surface area contributed by atoms with Crippen LogP contribution in [0, 0.1) is 0 Å². The molecule has 11 rings (SSSR count). The molecule has 0 atom stereocenters. The third-order valence-electron chi connectivity index (χ3n) is 10.5. The molecule has 0 N–H and O–H groups in total. The molecule has 3 nitrogen and oxygen atoms in total. The molecule has 238 valence electrons. The minimum absolute atomic E-state index is 0.903. The molecular formula is C48H30N2O. The zero-order valence-electron chi connectivity index (χ0n) is 27.6. The molecule has 0 amide bonds. The van der Waals surface area contributed by atoms with Crippen LogP contribution in [0.2, 0.25) is 0 Å². The van der Waals surface area contributed by atoms with Crippen LogP contribution in [0.5, 0.6) is 0 Å². The fourth-order valence-electron chi connectivity index (χ4n) is 8.28. The van der Waals surface area contributed by atoms with Crippen LogP contribution >= 0.6 is 0 Å². The topological polar surface area (TPSA) is 23.0 Å². The van der Waals surface area contributed by atoms with Gasteiger partial charge in [0, 0.05) is 32.6 Å². The SMILES string of the molecule is c1ccc(-c2cccc(-c3cccc(-n4c5ccc6c7ccccc7oc6c5c5cccc(-n6c7ccccc7c7ccccc76)c54)c3)c2)cc1. The number of fused-ring (bicyclic) bond motifs is 10. The van der Waals surface area contributed by atoms with E-state index in [1.54, 1.807) is 0 Å². The molecule has 8 aromatic carbocycles. The van der Waals surface area contributed by atoms with E-state index in [2.05, 4.69) is 185 Å². The van der Waals surface area contributed by atoms with Gasteiger partial charge in [0.25, 0.3) is 0 Å². The lowest BCUT2D eigenvalue weighted by molar-refractivity contribution is 0.673. The third kappa shape index (κ3) is 4.12. The van der Waals surface area contributed by atoms with Crippen molar-refractivity contribution >= 4 is 65.6 Å². The van der Waals surface area contributed by atoms with Crippen molar-refractivity contribution in [3.63, 3.8) is 0 Å². The number of benzene rings is 8. The first kappa shape index (κ1) is 28.0. The van der Waals surface area contributed by atoms with E-state index < -0.39 is 0 Å². The van der Waals surface area contributed by atoms with E-state index in [1.165, 1.54) is 44.1 Å². The summed E-state index contributed by atoms with van der Waals surface area (Å²) >= 11 is 0. The van der Waals surface area contributed by atoms with Gasteiger partial charge in [0.2, 0.25) is 0 Å². The highest BCUT2D eigenvalue weighted by Gasteiger charge is 2.23. The number of hydrogen-bond donors (Lipinski definition) is 0. The predicted octanol–water partition coefficient (Wildman–Crippen LogP) is 13.1. The maximum Gasteiger partial charge on any atom is 0.145 e. The van der Waals surface area contributed by atoms with Crippen LogP contribution in [0.25, 0.3) is 99.2 Å². The van der Waals surface area contributed by atoms with E-state index in [9.17, 15) is 0 Å². The number of aromatic nitrogens is 2.